The highest BCUT2D eigenvalue weighted by Crippen LogP contribution is 2.36. The first-order valence-corrected chi connectivity index (χ1v) is 11.9. The minimum atomic E-state index is -1.21. The van der Waals surface area contributed by atoms with Crippen molar-refractivity contribution in [3.8, 4) is 34.1 Å². The molecule has 0 atom stereocenters. The van der Waals surface area contributed by atoms with Crippen molar-refractivity contribution in [2.24, 2.45) is 0 Å². The lowest BCUT2D eigenvalue weighted by atomic mass is 10.0. The Bertz CT molecular complexity index is 1650. The van der Waals surface area contributed by atoms with Crippen LogP contribution in [0.25, 0.3) is 23.3 Å². The molecule has 212 valence electrons. The highest BCUT2D eigenvalue weighted by atomic mass is 19.2. The zero-order valence-corrected chi connectivity index (χ0v) is 21.9. The Kier molecular flexibility index (Phi) is 10.2. The van der Waals surface area contributed by atoms with Crippen molar-refractivity contribution in [1.82, 2.24) is 0 Å². The molecule has 0 aromatic heterocycles. The van der Waals surface area contributed by atoms with Crippen LogP contribution in [0.2, 0.25) is 0 Å². The second kappa shape index (κ2) is 13.9. The van der Waals surface area contributed by atoms with E-state index in [4.69, 9.17) is 18.9 Å². The minimum absolute atomic E-state index is 0.0720. The van der Waals surface area contributed by atoms with Crippen LogP contribution >= 0.6 is 0 Å². The molecule has 0 saturated heterocycles. The van der Waals surface area contributed by atoms with Crippen molar-refractivity contribution >= 4 is 36.0 Å². The average Bonchev–Trinajstić information content (AvgIpc) is 2.99. The third-order valence-corrected chi connectivity index (χ3v) is 5.30. The Balaban J connectivity index is 1.96. The van der Waals surface area contributed by atoms with E-state index >= 15 is 8.78 Å². The van der Waals surface area contributed by atoms with Gasteiger partial charge in [-0.05, 0) is 35.4 Å². The molecule has 0 aliphatic carbocycles. The van der Waals surface area contributed by atoms with Gasteiger partial charge in [-0.15, -0.1) is 0 Å². The number of carbonyl (C=O) groups is 4. The molecule has 0 aliphatic heterocycles. The van der Waals surface area contributed by atoms with Crippen LogP contribution in [0.15, 0.2) is 99.2 Å². The smallest absolute Gasteiger partial charge is 0.335 e. The molecular weight excluding hydrogens is 550 g/mol. The Labute approximate surface area is 239 Å². The summed E-state index contributed by atoms with van der Waals surface area (Å²) in [6.07, 6.45) is 6.30. The van der Waals surface area contributed by atoms with E-state index in [1.54, 1.807) is 0 Å². The highest BCUT2D eigenvalue weighted by molar-refractivity contribution is 5.88. The summed E-state index contributed by atoms with van der Waals surface area (Å²) in [5, 5.41) is 0. The Morgan fingerprint density at radius 1 is 0.548 bits per heavy atom. The molecule has 0 radical (unpaired) electrons. The molecule has 0 spiro atoms. The van der Waals surface area contributed by atoms with E-state index in [0.29, 0.717) is 5.56 Å². The molecule has 3 rings (SSSR count). The fraction of sp³-hybridized carbons (Fsp3) is 0. The normalized spacial score (nSPS) is 10.3. The summed E-state index contributed by atoms with van der Waals surface area (Å²) >= 11 is 0. The van der Waals surface area contributed by atoms with Crippen molar-refractivity contribution < 1.29 is 46.9 Å². The van der Waals surface area contributed by atoms with Gasteiger partial charge in [-0.3, -0.25) is 0 Å². The van der Waals surface area contributed by atoms with E-state index in [1.165, 1.54) is 60.7 Å². The van der Waals surface area contributed by atoms with Gasteiger partial charge < -0.3 is 18.9 Å². The van der Waals surface area contributed by atoms with Gasteiger partial charge in [-0.2, -0.15) is 0 Å². The lowest BCUT2D eigenvalue weighted by Gasteiger charge is -2.12. The van der Waals surface area contributed by atoms with Crippen molar-refractivity contribution in [2.75, 3.05) is 0 Å². The van der Waals surface area contributed by atoms with Crippen molar-refractivity contribution in [2.45, 2.75) is 0 Å². The molecule has 0 saturated carbocycles. The van der Waals surface area contributed by atoms with Crippen LogP contribution in [-0.2, 0) is 19.2 Å². The van der Waals surface area contributed by atoms with Crippen LogP contribution in [0, 0.1) is 11.6 Å². The lowest BCUT2D eigenvalue weighted by molar-refractivity contribution is -0.131. The number of hydrogen-bond donors (Lipinski definition) is 0. The monoisotopic (exact) mass is 572 g/mol. The van der Waals surface area contributed by atoms with E-state index in [-0.39, 0.29) is 39.7 Å². The van der Waals surface area contributed by atoms with Crippen molar-refractivity contribution in [3.05, 3.63) is 122 Å². The van der Waals surface area contributed by atoms with Gasteiger partial charge in [0.2, 0.25) is 0 Å². The quantitative estimate of drug-likeness (QED) is 0.116. The van der Waals surface area contributed by atoms with Crippen molar-refractivity contribution in [3.63, 3.8) is 0 Å². The SMILES string of the molecule is C=CC(=O)Oc1ccc(C=Cc2ccc(-c3ccc(OC(=O)C=C)c(OC(=O)C=C)c3)c(F)c2F)cc1OC(=O)C=C. The summed E-state index contributed by atoms with van der Waals surface area (Å²) in [6, 6.07) is 10.6. The lowest BCUT2D eigenvalue weighted by Crippen LogP contribution is -2.08. The predicted octanol–water partition coefficient (Wildman–Crippen LogP) is 6.17. The summed E-state index contributed by atoms with van der Waals surface area (Å²) in [5.41, 5.74) is 0.208. The number of rotatable bonds is 11. The fourth-order valence-electron chi connectivity index (χ4n) is 3.33. The molecule has 0 heterocycles. The second-order valence-corrected chi connectivity index (χ2v) is 8.03. The Hall–Kier alpha value is -5.90. The third-order valence-electron chi connectivity index (χ3n) is 5.30. The molecule has 0 aliphatic rings. The summed E-state index contributed by atoms with van der Waals surface area (Å²) in [5.74, 6) is -6.27. The van der Waals surface area contributed by atoms with Crippen LogP contribution in [0.1, 0.15) is 11.1 Å². The maximum atomic E-state index is 15.2. The van der Waals surface area contributed by atoms with Crippen LogP contribution in [0.3, 0.4) is 0 Å². The molecule has 0 N–H and O–H groups in total. The van der Waals surface area contributed by atoms with Gasteiger partial charge in [0.1, 0.15) is 0 Å². The molecule has 0 unspecified atom stereocenters. The average molecular weight is 573 g/mol. The van der Waals surface area contributed by atoms with Crippen LogP contribution < -0.4 is 18.9 Å². The number of halogens is 2. The summed E-state index contributed by atoms with van der Waals surface area (Å²) in [7, 11) is 0. The molecular formula is C32H22F2O8. The third kappa shape index (κ3) is 7.60. The molecule has 0 amide bonds. The first-order chi connectivity index (χ1) is 20.1. The van der Waals surface area contributed by atoms with Gasteiger partial charge in [0.25, 0.3) is 0 Å². The number of benzene rings is 3. The van der Waals surface area contributed by atoms with E-state index < -0.39 is 35.5 Å². The van der Waals surface area contributed by atoms with E-state index in [1.807, 2.05) is 0 Å². The van der Waals surface area contributed by atoms with Crippen LogP contribution in [-0.4, -0.2) is 23.9 Å². The molecule has 0 fully saturated rings. The molecule has 42 heavy (non-hydrogen) atoms. The van der Waals surface area contributed by atoms with E-state index in [2.05, 4.69) is 26.3 Å². The van der Waals surface area contributed by atoms with Gasteiger partial charge in [-0.25, -0.2) is 28.0 Å². The Morgan fingerprint density at radius 2 is 1.02 bits per heavy atom. The maximum absolute atomic E-state index is 15.2. The Morgan fingerprint density at radius 3 is 1.55 bits per heavy atom. The zero-order valence-electron chi connectivity index (χ0n) is 21.9. The number of esters is 4. The van der Waals surface area contributed by atoms with Gasteiger partial charge >= 0.3 is 23.9 Å². The maximum Gasteiger partial charge on any atom is 0.335 e. The number of carbonyl (C=O) groups excluding carboxylic acids is 4. The number of hydrogen-bond acceptors (Lipinski definition) is 8. The summed E-state index contributed by atoms with van der Waals surface area (Å²) < 4.78 is 50.6. The van der Waals surface area contributed by atoms with Gasteiger partial charge in [0.15, 0.2) is 34.6 Å². The summed E-state index contributed by atoms with van der Waals surface area (Å²) in [6.45, 7) is 13.2. The predicted molar refractivity (Wildman–Crippen MR) is 150 cm³/mol. The molecule has 8 nitrogen and oxygen atoms in total. The number of ether oxygens (including phenoxy) is 4. The van der Waals surface area contributed by atoms with E-state index in [9.17, 15) is 19.2 Å². The van der Waals surface area contributed by atoms with Gasteiger partial charge in [-0.1, -0.05) is 62.7 Å². The standard InChI is InChI=1S/C32H22F2O8/c1-5-27(35)39-23-15-10-19(17-25(23)41-29(37)7-3)9-11-20-12-14-22(32(34)31(20)33)21-13-16-24(40-28(36)6-2)26(18-21)42-30(38)8-4/h5-18H,1-4H2. The fourth-order valence-corrected chi connectivity index (χ4v) is 3.33. The molecule has 3 aromatic carbocycles. The van der Waals surface area contributed by atoms with Crippen LogP contribution in [0.4, 0.5) is 8.78 Å². The van der Waals surface area contributed by atoms with E-state index in [0.717, 1.165) is 24.3 Å². The second-order valence-electron chi connectivity index (χ2n) is 8.03. The highest BCUT2D eigenvalue weighted by Gasteiger charge is 2.18. The van der Waals surface area contributed by atoms with Crippen molar-refractivity contribution in [1.29, 1.82) is 0 Å². The van der Waals surface area contributed by atoms with Gasteiger partial charge in [0.05, 0.1) is 0 Å². The first kappa shape index (κ1) is 30.6. The zero-order chi connectivity index (χ0) is 30.8. The first-order valence-electron chi connectivity index (χ1n) is 11.9. The summed E-state index contributed by atoms with van der Waals surface area (Å²) in [4.78, 5) is 46.7. The molecule has 0 bridgehead atoms. The largest absolute Gasteiger partial charge is 0.419 e. The molecule has 3 aromatic rings. The topological polar surface area (TPSA) is 105 Å². The minimum Gasteiger partial charge on any atom is -0.419 e. The molecule has 10 heteroatoms. The van der Waals surface area contributed by atoms with Crippen LogP contribution in [0.5, 0.6) is 23.0 Å². The van der Waals surface area contributed by atoms with Gasteiger partial charge in [0, 0.05) is 35.4 Å².